The van der Waals surface area contributed by atoms with Crippen molar-refractivity contribution in [3.63, 3.8) is 0 Å². The number of nitrogens with one attached hydrogen (secondary N) is 1. The molecule has 3 aromatic rings. The van der Waals surface area contributed by atoms with E-state index in [1.54, 1.807) is 0 Å². The number of pyridine rings is 1. The lowest BCUT2D eigenvalue weighted by Gasteiger charge is -2.27. The standard InChI is InChI=1S/C22H23BrN4O2/c1-13-11-16(20-21(24-13)27-9-4-2-3-5-19(27)26-20)22(28)25-17-8-10-29-18-7-6-14(23)12-15(17)18/h6-7,11-12,17H,2-5,8-10H2,1H3,(H,25,28). The van der Waals surface area contributed by atoms with Crippen molar-refractivity contribution in [2.24, 2.45) is 0 Å². The second-order valence-corrected chi connectivity index (χ2v) is 8.73. The van der Waals surface area contributed by atoms with Crippen LogP contribution in [0.2, 0.25) is 0 Å². The van der Waals surface area contributed by atoms with E-state index in [0.29, 0.717) is 17.7 Å². The van der Waals surface area contributed by atoms with Crippen molar-refractivity contribution in [3.8, 4) is 5.75 Å². The minimum Gasteiger partial charge on any atom is -0.493 e. The van der Waals surface area contributed by atoms with Crippen LogP contribution in [-0.4, -0.2) is 27.0 Å². The maximum atomic E-state index is 13.3. The first-order valence-corrected chi connectivity index (χ1v) is 11.0. The lowest BCUT2D eigenvalue weighted by molar-refractivity contribution is 0.0926. The summed E-state index contributed by atoms with van der Waals surface area (Å²) < 4.78 is 8.93. The number of amides is 1. The van der Waals surface area contributed by atoms with E-state index in [0.717, 1.165) is 65.2 Å². The Balaban J connectivity index is 1.52. The van der Waals surface area contributed by atoms with E-state index < -0.39 is 0 Å². The molecule has 4 heterocycles. The van der Waals surface area contributed by atoms with Gasteiger partial charge in [-0.3, -0.25) is 4.79 Å². The van der Waals surface area contributed by atoms with E-state index in [4.69, 9.17) is 14.7 Å². The van der Waals surface area contributed by atoms with Crippen molar-refractivity contribution in [2.75, 3.05) is 6.61 Å². The summed E-state index contributed by atoms with van der Waals surface area (Å²) in [4.78, 5) is 22.9. The number of rotatable bonds is 2. The van der Waals surface area contributed by atoms with Crippen molar-refractivity contribution in [1.82, 2.24) is 19.9 Å². The Kier molecular flexibility index (Phi) is 4.78. The molecule has 6 nitrogen and oxygen atoms in total. The van der Waals surface area contributed by atoms with Crippen molar-refractivity contribution >= 4 is 33.0 Å². The Morgan fingerprint density at radius 1 is 1.24 bits per heavy atom. The number of carbonyl (C=O) groups is 1. The fourth-order valence-corrected chi connectivity index (χ4v) is 4.72. The highest BCUT2D eigenvalue weighted by atomic mass is 79.9. The minimum atomic E-state index is -0.105. The number of fused-ring (bicyclic) bond motifs is 4. The summed E-state index contributed by atoms with van der Waals surface area (Å²) in [5, 5.41) is 3.21. The number of halogens is 1. The zero-order valence-electron chi connectivity index (χ0n) is 16.4. The van der Waals surface area contributed by atoms with Crippen LogP contribution in [0.3, 0.4) is 0 Å². The molecule has 1 N–H and O–H groups in total. The van der Waals surface area contributed by atoms with Gasteiger partial charge in [0.05, 0.1) is 18.2 Å². The van der Waals surface area contributed by atoms with Gasteiger partial charge in [0.1, 0.15) is 17.1 Å². The zero-order valence-corrected chi connectivity index (χ0v) is 18.0. The smallest absolute Gasteiger partial charge is 0.254 e. The van der Waals surface area contributed by atoms with Crippen LogP contribution in [0, 0.1) is 6.92 Å². The molecule has 1 atom stereocenters. The van der Waals surface area contributed by atoms with E-state index in [-0.39, 0.29) is 11.9 Å². The van der Waals surface area contributed by atoms with Gasteiger partial charge >= 0.3 is 0 Å². The number of aryl methyl sites for hydroxylation is 3. The highest BCUT2D eigenvalue weighted by Gasteiger charge is 2.26. The molecule has 2 aliphatic rings. The van der Waals surface area contributed by atoms with Gasteiger partial charge in [0.25, 0.3) is 5.91 Å². The molecule has 7 heteroatoms. The second kappa shape index (κ2) is 7.44. The summed E-state index contributed by atoms with van der Waals surface area (Å²) in [7, 11) is 0. The first-order valence-electron chi connectivity index (χ1n) is 10.2. The Bertz CT molecular complexity index is 1110. The quantitative estimate of drug-likeness (QED) is 0.619. The zero-order chi connectivity index (χ0) is 20.0. The number of aromatic nitrogens is 3. The molecule has 1 amide bonds. The van der Waals surface area contributed by atoms with Crippen LogP contribution < -0.4 is 10.1 Å². The molecule has 0 aliphatic carbocycles. The van der Waals surface area contributed by atoms with Crippen molar-refractivity contribution in [3.05, 3.63) is 51.4 Å². The first kappa shape index (κ1) is 18.6. The number of carbonyl (C=O) groups excluding carboxylic acids is 1. The monoisotopic (exact) mass is 454 g/mol. The first-order chi connectivity index (χ1) is 14.1. The molecule has 1 unspecified atom stereocenters. The van der Waals surface area contributed by atoms with Gasteiger partial charge in [-0.15, -0.1) is 0 Å². The topological polar surface area (TPSA) is 69.0 Å². The largest absolute Gasteiger partial charge is 0.493 e. The number of hydrogen-bond donors (Lipinski definition) is 1. The molecule has 0 saturated carbocycles. The van der Waals surface area contributed by atoms with Crippen LogP contribution >= 0.6 is 15.9 Å². The molecule has 0 spiro atoms. The molecule has 0 fully saturated rings. The maximum Gasteiger partial charge on any atom is 0.254 e. The van der Waals surface area contributed by atoms with Gasteiger partial charge in [0.15, 0.2) is 5.65 Å². The van der Waals surface area contributed by atoms with Crippen molar-refractivity contribution in [1.29, 1.82) is 0 Å². The molecular weight excluding hydrogens is 432 g/mol. The number of imidazole rings is 1. The summed E-state index contributed by atoms with van der Waals surface area (Å²) in [6, 6.07) is 7.68. The molecule has 0 radical (unpaired) electrons. The summed E-state index contributed by atoms with van der Waals surface area (Å²) in [6.07, 6.45) is 5.16. The second-order valence-electron chi connectivity index (χ2n) is 7.82. The Labute approximate surface area is 177 Å². The lowest BCUT2D eigenvalue weighted by Crippen LogP contribution is -2.32. The molecule has 5 rings (SSSR count). The van der Waals surface area contributed by atoms with Gasteiger partial charge in [-0.25, -0.2) is 9.97 Å². The fraction of sp³-hybridized carbons (Fsp3) is 0.409. The van der Waals surface area contributed by atoms with Gasteiger partial charge < -0.3 is 14.6 Å². The molecule has 2 aliphatic heterocycles. The Morgan fingerprint density at radius 3 is 3.03 bits per heavy atom. The molecule has 2 aromatic heterocycles. The van der Waals surface area contributed by atoms with Gasteiger partial charge in [0, 0.05) is 35.1 Å². The van der Waals surface area contributed by atoms with Crippen LogP contribution in [0.1, 0.15) is 59.2 Å². The SMILES string of the molecule is Cc1cc(C(=O)NC2CCOc3ccc(Br)cc32)c2nc3n(c2n1)CCCCC3. The highest BCUT2D eigenvalue weighted by molar-refractivity contribution is 9.10. The predicted molar refractivity (Wildman–Crippen MR) is 114 cm³/mol. The average Bonchev–Trinajstić information content (AvgIpc) is 2.89. The van der Waals surface area contributed by atoms with Crippen LogP contribution in [0.25, 0.3) is 11.2 Å². The van der Waals surface area contributed by atoms with E-state index in [9.17, 15) is 4.79 Å². The highest BCUT2D eigenvalue weighted by Crippen LogP contribution is 2.34. The van der Waals surface area contributed by atoms with Gasteiger partial charge in [-0.1, -0.05) is 22.4 Å². The molecule has 1 aromatic carbocycles. The van der Waals surface area contributed by atoms with E-state index in [1.165, 1.54) is 6.42 Å². The third-order valence-corrected chi connectivity index (χ3v) is 6.25. The minimum absolute atomic E-state index is 0.0901. The van der Waals surface area contributed by atoms with Gasteiger partial charge in [-0.2, -0.15) is 0 Å². The summed E-state index contributed by atoms with van der Waals surface area (Å²) in [6.45, 7) is 3.45. The maximum absolute atomic E-state index is 13.3. The third-order valence-electron chi connectivity index (χ3n) is 5.75. The molecule has 0 saturated heterocycles. The fourth-order valence-electron chi connectivity index (χ4n) is 4.34. The number of benzene rings is 1. The lowest BCUT2D eigenvalue weighted by atomic mass is 10.00. The number of hydrogen-bond acceptors (Lipinski definition) is 4. The Morgan fingerprint density at radius 2 is 2.14 bits per heavy atom. The molecule has 0 bridgehead atoms. The predicted octanol–water partition coefficient (Wildman–Crippen LogP) is 4.48. The van der Waals surface area contributed by atoms with Gasteiger partial charge in [-0.05, 0) is 44.0 Å². The van der Waals surface area contributed by atoms with Crippen LogP contribution in [0.5, 0.6) is 5.75 Å². The summed E-state index contributed by atoms with van der Waals surface area (Å²) in [5.41, 5.74) is 4.00. The van der Waals surface area contributed by atoms with Gasteiger partial charge in [0.2, 0.25) is 0 Å². The number of nitrogens with zero attached hydrogens (tertiary/aromatic N) is 3. The number of ether oxygens (including phenoxy) is 1. The average molecular weight is 455 g/mol. The van der Waals surface area contributed by atoms with Crippen LogP contribution in [-0.2, 0) is 13.0 Å². The van der Waals surface area contributed by atoms with E-state index in [1.807, 2.05) is 31.2 Å². The summed E-state index contributed by atoms with van der Waals surface area (Å²) >= 11 is 3.52. The third kappa shape index (κ3) is 3.41. The van der Waals surface area contributed by atoms with E-state index in [2.05, 4.69) is 25.8 Å². The Hall–Kier alpha value is -2.41. The van der Waals surface area contributed by atoms with Crippen LogP contribution in [0.4, 0.5) is 0 Å². The van der Waals surface area contributed by atoms with Crippen LogP contribution in [0.15, 0.2) is 28.7 Å². The molecular formula is C22H23BrN4O2. The molecule has 150 valence electrons. The normalized spacial score (nSPS) is 18.5. The molecule has 29 heavy (non-hydrogen) atoms. The summed E-state index contributed by atoms with van der Waals surface area (Å²) in [5.74, 6) is 1.77. The van der Waals surface area contributed by atoms with Crippen molar-refractivity contribution < 1.29 is 9.53 Å². The van der Waals surface area contributed by atoms with E-state index >= 15 is 0 Å². The van der Waals surface area contributed by atoms with Crippen molar-refractivity contribution in [2.45, 2.75) is 51.6 Å².